The quantitative estimate of drug-likeness (QED) is 0.856. The fourth-order valence-corrected chi connectivity index (χ4v) is 3.11. The number of anilines is 1. The molecule has 0 spiro atoms. The van der Waals surface area contributed by atoms with Gasteiger partial charge in [0.1, 0.15) is 0 Å². The minimum absolute atomic E-state index is 0.420. The Kier molecular flexibility index (Phi) is 5.04. The summed E-state index contributed by atoms with van der Waals surface area (Å²) in [6.45, 7) is 5.32. The van der Waals surface area contributed by atoms with Crippen molar-refractivity contribution in [2.75, 3.05) is 18.5 Å². The summed E-state index contributed by atoms with van der Waals surface area (Å²) in [6, 6.07) is 0.420. The Morgan fingerprint density at radius 3 is 2.67 bits per heavy atom. The van der Waals surface area contributed by atoms with Crippen LogP contribution in [-0.2, 0) is 0 Å². The molecular formula is C12H20N4OS. The van der Waals surface area contributed by atoms with Gasteiger partial charge in [-0.25, -0.2) is 0 Å². The molecule has 6 heteroatoms. The van der Waals surface area contributed by atoms with Crippen LogP contribution in [0.5, 0.6) is 6.01 Å². The molecule has 1 aliphatic rings. The Hall–Kier alpha value is -1.04. The van der Waals surface area contributed by atoms with Crippen LogP contribution in [-0.4, -0.2) is 33.4 Å². The molecule has 1 N–H and O–H groups in total. The smallest absolute Gasteiger partial charge is 0.322 e. The van der Waals surface area contributed by atoms with Crippen molar-refractivity contribution in [1.82, 2.24) is 15.0 Å². The molecule has 5 nitrogen and oxygen atoms in total. The number of nitrogens with zero attached hydrogens (tertiary/aromatic N) is 3. The second-order valence-electron chi connectivity index (χ2n) is 4.21. The lowest BCUT2D eigenvalue weighted by molar-refractivity contribution is 0.308. The summed E-state index contributed by atoms with van der Waals surface area (Å²) < 4.78 is 5.38. The summed E-state index contributed by atoms with van der Waals surface area (Å²) in [5, 5.41) is 4.54. The van der Waals surface area contributed by atoms with Crippen LogP contribution in [0.25, 0.3) is 0 Å². The van der Waals surface area contributed by atoms with Crippen LogP contribution in [0.2, 0.25) is 0 Å². The third-order valence-electron chi connectivity index (χ3n) is 2.78. The normalized spacial score (nSPS) is 15.9. The van der Waals surface area contributed by atoms with Gasteiger partial charge in [0.05, 0.1) is 6.61 Å². The van der Waals surface area contributed by atoms with Gasteiger partial charge in [0, 0.05) is 11.8 Å². The average Bonchev–Trinajstić information content (AvgIpc) is 2.82. The summed E-state index contributed by atoms with van der Waals surface area (Å²) in [5.74, 6) is 0.608. The summed E-state index contributed by atoms with van der Waals surface area (Å²) >= 11 is 1.75. The lowest BCUT2D eigenvalue weighted by Gasteiger charge is -2.10. The predicted octanol–water partition coefficient (Wildman–Crippen LogP) is 2.74. The number of thioether (sulfide) groups is 1. The summed E-state index contributed by atoms with van der Waals surface area (Å²) in [6.07, 6.45) is 5.16. The van der Waals surface area contributed by atoms with E-state index in [1.54, 1.807) is 11.8 Å². The molecule has 2 rings (SSSR count). The number of hydrogen-bond donors (Lipinski definition) is 1. The van der Waals surface area contributed by atoms with Gasteiger partial charge in [-0.1, -0.05) is 24.6 Å². The molecule has 0 radical (unpaired) electrons. The first-order valence-corrected chi connectivity index (χ1v) is 7.49. The van der Waals surface area contributed by atoms with Gasteiger partial charge in [-0.3, -0.25) is 0 Å². The van der Waals surface area contributed by atoms with E-state index in [0.717, 1.165) is 11.7 Å². The molecule has 18 heavy (non-hydrogen) atoms. The fraction of sp³-hybridized carbons (Fsp3) is 0.750. The monoisotopic (exact) mass is 268 g/mol. The van der Waals surface area contributed by atoms with Gasteiger partial charge in [0.2, 0.25) is 5.95 Å². The van der Waals surface area contributed by atoms with E-state index in [4.69, 9.17) is 4.74 Å². The molecule has 1 aromatic heterocycles. The first-order chi connectivity index (χ1) is 8.81. The molecule has 1 aliphatic carbocycles. The van der Waals surface area contributed by atoms with Gasteiger partial charge in [0.15, 0.2) is 5.16 Å². The maximum atomic E-state index is 5.38. The fourth-order valence-electron chi connectivity index (χ4n) is 1.98. The van der Waals surface area contributed by atoms with Crippen molar-refractivity contribution in [2.24, 2.45) is 0 Å². The first-order valence-electron chi connectivity index (χ1n) is 6.61. The topological polar surface area (TPSA) is 59.9 Å². The van der Waals surface area contributed by atoms with Gasteiger partial charge >= 0.3 is 6.01 Å². The highest BCUT2D eigenvalue weighted by Gasteiger charge is 2.18. The minimum atomic E-state index is 0.420. The van der Waals surface area contributed by atoms with Gasteiger partial charge in [-0.15, -0.1) is 0 Å². The molecule has 0 atom stereocenters. The highest BCUT2D eigenvalue weighted by Crippen LogP contribution is 2.33. The van der Waals surface area contributed by atoms with Crippen LogP contribution in [0.15, 0.2) is 5.16 Å². The summed E-state index contributed by atoms with van der Waals surface area (Å²) in [7, 11) is 0. The molecule has 1 heterocycles. The van der Waals surface area contributed by atoms with E-state index in [1.165, 1.54) is 25.7 Å². The first kappa shape index (κ1) is 13.4. The SMILES string of the molecule is CCNc1nc(OCC)nc(SC2CCCC2)n1. The Labute approximate surface area is 112 Å². The highest BCUT2D eigenvalue weighted by molar-refractivity contribution is 7.99. The molecule has 0 unspecified atom stereocenters. The lowest BCUT2D eigenvalue weighted by Crippen LogP contribution is -2.08. The van der Waals surface area contributed by atoms with Crippen molar-refractivity contribution in [3.8, 4) is 6.01 Å². The van der Waals surface area contributed by atoms with Crippen molar-refractivity contribution in [1.29, 1.82) is 0 Å². The zero-order valence-corrected chi connectivity index (χ0v) is 11.8. The molecule has 1 aromatic rings. The number of ether oxygens (including phenoxy) is 1. The molecule has 100 valence electrons. The average molecular weight is 268 g/mol. The largest absolute Gasteiger partial charge is 0.464 e. The van der Waals surface area contributed by atoms with Crippen molar-refractivity contribution in [3.63, 3.8) is 0 Å². The molecule has 0 saturated heterocycles. The van der Waals surface area contributed by atoms with Gasteiger partial charge in [-0.05, 0) is 26.7 Å². The van der Waals surface area contributed by atoms with Crippen molar-refractivity contribution in [3.05, 3.63) is 0 Å². The molecule has 0 amide bonds. The van der Waals surface area contributed by atoms with Gasteiger partial charge in [-0.2, -0.15) is 15.0 Å². The molecule has 0 bridgehead atoms. The molecular weight excluding hydrogens is 248 g/mol. The van der Waals surface area contributed by atoms with Gasteiger partial charge < -0.3 is 10.1 Å². The van der Waals surface area contributed by atoms with Crippen LogP contribution in [0, 0.1) is 0 Å². The Morgan fingerprint density at radius 2 is 2.00 bits per heavy atom. The third kappa shape index (κ3) is 3.73. The van der Waals surface area contributed by atoms with E-state index in [9.17, 15) is 0 Å². The molecule has 0 aromatic carbocycles. The van der Waals surface area contributed by atoms with E-state index >= 15 is 0 Å². The molecule has 0 aliphatic heterocycles. The Balaban J connectivity index is 2.10. The summed E-state index contributed by atoms with van der Waals surface area (Å²) in [5.41, 5.74) is 0. The zero-order valence-electron chi connectivity index (χ0n) is 11.0. The van der Waals surface area contributed by atoms with Crippen LogP contribution >= 0.6 is 11.8 Å². The van der Waals surface area contributed by atoms with Crippen molar-refractivity contribution >= 4 is 17.7 Å². The van der Waals surface area contributed by atoms with E-state index < -0.39 is 0 Å². The van der Waals surface area contributed by atoms with Crippen LogP contribution in [0.1, 0.15) is 39.5 Å². The standard InChI is InChI=1S/C12H20N4OS/c1-3-13-10-14-11(17-4-2)16-12(15-10)18-9-7-5-6-8-9/h9H,3-8H2,1-2H3,(H,13,14,15,16). The lowest BCUT2D eigenvalue weighted by atomic mass is 10.4. The van der Waals surface area contributed by atoms with Crippen LogP contribution < -0.4 is 10.1 Å². The minimum Gasteiger partial charge on any atom is -0.464 e. The second kappa shape index (κ2) is 6.78. The third-order valence-corrected chi connectivity index (χ3v) is 3.98. The maximum absolute atomic E-state index is 5.38. The van der Waals surface area contributed by atoms with Crippen molar-refractivity contribution in [2.45, 2.75) is 49.9 Å². The number of nitrogens with one attached hydrogen (secondary N) is 1. The summed E-state index contributed by atoms with van der Waals surface area (Å²) in [4.78, 5) is 13.0. The molecule has 1 fully saturated rings. The Morgan fingerprint density at radius 1 is 1.22 bits per heavy atom. The van der Waals surface area contributed by atoms with E-state index in [1.807, 2.05) is 13.8 Å². The van der Waals surface area contributed by atoms with Crippen LogP contribution in [0.4, 0.5) is 5.95 Å². The number of rotatable bonds is 6. The maximum Gasteiger partial charge on any atom is 0.322 e. The van der Waals surface area contributed by atoms with E-state index in [2.05, 4.69) is 20.3 Å². The van der Waals surface area contributed by atoms with Crippen LogP contribution in [0.3, 0.4) is 0 Å². The number of aromatic nitrogens is 3. The Bertz CT molecular complexity index is 358. The van der Waals surface area contributed by atoms with E-state index in [0.29, 0.717) is 23.8 Å². The second-order valence-corrected chi connectivity index (χ2v) is 5.48. The molecule has 1 saturated carbocycles. The van der Waals surface area contributed by atoms with Gasteiger partial charge in [0.25, 0.3) is 0 Å². The number of hydrogen-bond acceptors (Lipinski definition) is 6. The van der Waals surface area contributed by atoms with Crippen molar-refractivity contribution < 1.29 is 4.74 Å². The predicted molar refractivity (Wildman–Crippen MR) is 73.3 cm³/mol. The van der Waals surface area contributed by atoms with E-state index in [-0.39, 0.29) is 0 Å². The highest BCUT2D eigenvalue weighted by atomic mass is 32.2. The zero-order chi connectivity index (χ0) is 12.8.